The third-order valence-electron chi connectivity index (χ3n) is 3.18. The molecule has 3 nitrogen and oxygen atoms in total. The van der Waals surface area contributed by atoms with Crippen molar-refractivity contribution in [1.29, 1.82) is 0 Å². The predicted molar refractivity (Wildman–Crippen MR) is 46.5 cm³/mol. The molecule has 1 saturated carbocycles. The maximum Gasteiger partial charge on any atom is 0.231 e. The van der Waals surface area contributed by atoms with Crippen molar-refractivity contribution in [3.05, 3.63) is 0 Å². The van der Waals surface area contributed by atoms with E-state index in [1.54, 1.807) is 0 Å². The minimum atomic E-state index is -0.185. The van der Waals surface area contributed by atoms with E-state index in [2.05, 4.69) is 4.90 Å². The van der Waals surface area contributed by atoms with Gasteiger partial charge in [-0.1, -0.05) is 6.42 Å². The molecule has 2 rings (SSSR count). The highest BCUT2D eigenvalue weighted by atomic mass is 16.1. The van der Waals surface area contributed by atoms with Crippen LogP contribution in [-0.2, 0) is 4.79 Å². The topological polar surface area (TPSA) is 46.3 Å². The van der Waals surface area contributed by atoms with Gasteiger partial charge >= 0.3 is 0 Å². The first-order valence-corrected chi connectivity index (χ1v) is 4.76. The van der Waals surface area contributed by atoms with E-state index in [1.807, 2.05) is 0 Å². The molecule has 3 heteroatoms. The van der Waals surface area contributed by atoms with Crippen LogP contribution in [0.1, 0.15) is 19.3 Å². The zero-order valence-corrected chi connectivity index (χ0v) is 7.33. The first-order valence-electron chi connectivity index (χ1n) is 4.76. The van der Waals surface area contributed by atoms with E-state index in [0.717, 1.165) is 24.9 Å². The van der Waals surface area contributed by atoms with E-state index < -0.39 is 0 Å². The molecule has 12 heavy (non-hydrogen) atoms. The number of amides is 1. The van der Waals surface area contributed by atoms with Gasteiger partial charge in [0.05, 0.1) is 6.54 Å². The summed E-state index contributed by atoms with van der Waals surface area (Å²) >= 11 is 0. The number of hydrogen-bond donors (Lipinski definition) is 1. The second-order valence-electron chi connectivity index (χ2n) is 4.11. The molecule has 0 aromatic rings. The lowest BCUT2D eigenvalue weighted by Crippen LogP contribution is -2.32. The number of fused-ring (bicyclic) bond motifs is 1. The number of hydrogen-bond acceptors (Lipinski definition) is 2. The van der Waals surface area contributed by atoms with Gasteiger partial charge in [-0.05, 0) is 24.7 Å². The van der Waals surface area contributed by atoms with Crippen molar-refractivity contribution in [1.82, 2.24) is 4.90 Å². The Labute approximate surface area is 72.9 Å². The van der Waals surface area contributed by atoms with Gasteiger partial charge in [0.1, 0.15) is 0 Å². The molecule has 0 aromatic heterocycles. The fraction of sp³-hybridized carbons (Fsp3) is 0.889. The van der Waals surface area contributed by atoms with Gasteiger partial charge in [-0.25, -0.2) is 0 Å². The Bertz CT molecular complexity index is 181. The molecule has 0 spiro atoms. The molecule has 1 aliphatic carbocycles. The highest BCUT2D eigenvalue weighted by Crippen LogP contribution is 2.37. The minimum absolute atomic E-state index is 0.185. The molecule has 2 unspecified atom stereocenters. The molecule has 0 bridgehead atoms. The van der Waals surface area contributed by atoms with Crippen LogP contribution >= 0.6 is 0 Å². The monoisotopic (exact) mass is 168 g/mol. The zero-order valence-electron chi connectivity index (χ0n) is 7.33. The lowest BCUT2D eigenvalue weighted by Gasteiger charge is -2.13. The number of likely N-dealkylation sites (tertiary alicyclic amines) is 1. The molecule has 0 aromatic carbocycles. The molecule has 2 atom stereocenters. The second kappa shape index (κ2) is 3.05. The highest BCUT2D eigenvalue weighted by molar-refractivity contribution is 5.75. The molecule has 0 radical (unpaired) electrons. The molecule has 2 fully saturated rings. The van der Waals surface area contributed by atoms with Crippen molar-refractivity contribution in [2.24, 2.45) is 17.6 Å². The number of nitrogens with two attached hydrogens (primary N) is 1. The first kappa shape index (κ1) is 8.05. The Hall–Kier alpha value is -0.570. The lowest BCUT2D eigenvalue weighted by atomic mass is 10.0. The summed E-state index contributed by atoms with van der Waals surface area (Å²) in [7, 11) is 0. The summed E-state index contributed by atoms with van der Waals surface area (Å²) in [6.45, 7) is 2.67. The number of carbonyl (C=O) groups excluding carboxylic acids is 1. The Morgan fingerprint density at radius 3 is 2.42 bits per heavy atom. The summed E-state index contributed by atoms with van der Waals surface area (Å²) in [4.78, 5) is 12.9. The van der Waals surface area contributed by atoms with Gasteiger partial charge in [0.25, 0.3) is 0 Å². The van der Waals surface area contributed by atoms with Crippen LogP contribution in [-0.4, -0.2) is 30.4 Å². The van der Waals surface area contributed by atoms with Crippen molar-refractivity contribution in [3.8, 4) is 0 Å². The molecular weight excluding hydrogens is 152 g/mol. The largest absolute Gasteiger partial charge is 0.369 e. The maximum atomic E-state index is 10.7. The third kappa shape index (κ3) is 1.46. The van der Waals surface area contributed by atoms with Crippen LogP contribution in [0.25, 0.3) is 0 Å². The Balaban J connectivity index is 1.86. The molecule has 1 heterocycles. The number of rotatable bonds is 2. The van der Waals surface area contributed by atoms with Crippen molar-refractivity contribution < 1.29 is 4.79 Å². The van der Waals surface area contributed by atoms with Crippen molar-refractivity contribution in [2.45, 2.75) is 19.3 Å². The molecule has 1 aliphatic heterocycles. The Morgan fingerprint density at radius 2 is 1.92 bits per heavy atom. The van der Waals surface area contributed by atoms with Gasteiger partial charge < -0.3 is 5.73 Å². The van der Waals surface area contributed by atoms with Crippen LogP contribution < -0.4 is 5.73 Å². The summed E-state index contributed by atoms with van der Waals surface area (Å²) in [5, 5.41) is 0. The molecule has 2 N–H and O–H groups in total. The summed E-state index contributed by atoms with van der Waals surface area (Å²) in [5.41, 5.74) is 5.14. The average Bonchev–Trinajstić information content (AvgIpc) is 2.43. The van der Waals surface area contributed by atoms with Crippen molar-refractivity contribution in [3.63, 3.8) is 0 Å². The van der Waals surface area contributed by atoms with E-state index in [4.69, 9.17) is 5.73 Å². The lowest BCUT2D eigenvalue weighted by molar-refractivity contribution is -0.118. The van der Waals surface area contributed by atoms with Crippen LogP contribution in [0.3, 0.4) is 0 Å². The third-order valence-corrected chi connectivity index (χ3v) is 3.18. The smallest absolute Gasteiger partial charge is 0.231 e. The van der Waals surface area contributed by atoms with E-state index >= 15 is 0 Å². The van der Waals surface area contributed by atoms with Gasteiger partial charge in [-0.2, -0.15) is 0 Å². The van der Waals surface area contributed by atoms with Crippen molar-refractivity contribution >= 4 is 5.91 Å². The normalized spacial score (nSPS) is 35.3. The second-order valence-corrected chi connectivity index (χ2v) is 4.11. The number of primary amides is 1. The van der Waals surface area contributed by atoms with E-state index in [-0.39, 0.29) is 5.91 Å². The highest BCUT2D eigenvalue weighted by Gasteiger charge is 2.36. The molecule has 2 aliphatic rings. The van der Waals surface area contributed by atoms with E-state index in [9.17, 15) is 4.79 Å². The van der Waals surface area contributed by atoms with E-state index in [1.165, 1.54) is 19.3 Å². The molecule has 1 saturated heterocycles. The van der Waals surface area contributed by atoms with Gasteiger partial charge in [-0.3, -0.25) is 9.69 Å². The predicted octanol–water partition coefficient (Wildman–Crippen LogP) is 0.204. The van der Waals surface area contributed by atoms with Crippen molar-refractivity contribution in [2.75, 3.05) is 19.6 Å². The number of carbonyl (C=O) groups is 1. The molecule has 1 amide bonds. The fourth-order valence-corrected chi connectivity index (χ4v) is 2.68. The summed E-state index contributed by atoms with van der Waals surface area (Å²) in [5.74, 6) is 1.55. The Kier molecular flexibility index (Phi) is 2.05. The first-order chi connectivity index (χ1) is 5.75. The number of nitrogens with zero attached hydrogens (tertiary/aromatic N) is 1. The average molecular weight is 168 g/mol. The van der Waals surface area contributed by atoms with Gasteiger partial charge in [0.15, 0.2) is 0 Å². The van der Waals surface area contributed by atoms with Crippen LogP contribution in [0.2, 0.25) is 0 Å². The summed E-state index contributed by atoms with van der Waals surface area (Å²) < 4.78 is 0. The van der Waals surface area contributed by atoms with Crippen LogP contribution in [0.4, 0.5) is 0 Å². The molecular formula is C9H16N2O. The zero-order chi connectivity index (χ0) is 8.55. The Morgan fingerprint density at radius 1 is 1.33 bits per heavy atom. The standard InChI is InChI=1S/C9H16N2O/c10-9(12)6-11-4-7-2-1-3-8(7)5-11/h7-8H,1-6H2,(H2,10,12). The van der Waals surface area contributed by atoms with Gasteiger partial charge in [0.2, 0.25) is 5.91 Å². The quantitative estimate of drug-likeness (QED) is 0.640. The fourth-order valence-electron chi connectivity index (χ4n) is 2.68. The van der Waals surface area contributed by atoms with Crippen LogP contribution in [0.5, 0.6) is 0 Å². The van der Waals surface area contributed by atoms with Crippen LogP contribution in [0, 0.1) is 11.8 Å². The SMILES string of the molecule is NC(=O)CN1CC2CCCC2C1. The van der Waals surface area contributed by atoms with Gasteiger partial charge in [0, 0.05) is 13.1 Å². The summed E-state index contributed by atoms with van der Waals surface area (Å²) in [6, 6.07) is 0. The van der Waals surface area contributed by atoms with Gasteiger partial charge in [-0.15, -0.1) is 0 Å². The van der Waals surface area contributed by atoms with E-state index in [0.29, 0.717) is 6.54 Å². The minimum Gasteiger partial charge on any atom is -0.369 e. The van der Waals surface area contributed by atoms with Crippen LogP contribution in [0.15, 0.2) is 0 Å². The summed E-state index contributed by atoms with van der Waals surface area (Å²) in [6.07, 6.45) is 4.11. The molecule has 68 valence electrons. The maximum absolute atomic E-state index is 10.7.